The molecule has 0 aliphatic carbocycles. The number of unbranched alkanes of at least 4 members (excludes halogenated alkanes) is 3. The van der Waals surface area contributed by atoms with Crippen LogP contribution in [-0.4, -0.2) is 19.6 Å². The molecule has 1 rings (SSSR count). The van der Waals surface area contributed by atoms with E-state index in [4.69, 9.17) is 0 Å². The highest BCUT2D eigenvalue weighted by Crippen LogP contribution is 2.27. The maximum atomic E-state index is 2.33. The monoisotopic (exact) mass is 248 g/mol. The summed E-state index contributed by atoms with van der Waals surface area (Å²) in [5, 5.41) is 0. The van der Waals surface area contributed by atoms with Gasteiger partial charge in [0.05, 0.1) is 19.6 Å². The normalized spacial score (nSPS) is 11.8. The van der Waals surface area contributed by atoms with Crippen LogP contribution in [0.1, 0.15) is 52.0 Å². The summed E-state index contributed by atoms with van der Waals surface area (Å²) in [6.07, 6.45) is 5.43. The van der Waals surface area contributed by atoms with Crippen molar-refractivity contribution in [2.45, 2.75) is 53.4 Å². The molecule has 0 radical (unpaired) electrons. The minimum atomic E-state index is 1.15. The van der Waals surface area contributed by atoms with E-state index in [1.807, 2.05) is 0 Å². The molecule has 1 aromatic rings. The Bertz CT molecular complexity index is 339. The van der Waals surface area contributed by atoms with Crippen LogP contribution in [0.3, 0.4) is 0 Å². The summed E-state index contributed by atoms with van der Waals surface area (Å²) in [6.45, 7) is 12.9. The second-order valence-corrected chi connectivity index (χ2v) is 5.35. The van der Waals surface area contributed by atoms with Crippen molar-refractivity contribution in [3.8, 4) is 0 Å². The smallest absolute Gasteiger partial charge is 0.135 e. The summed E-state index contributed by atoms with van der Waals surface area (Å²) in [4.78, 5) is 0. The van der Waals surface area contributed by atoms with E-state index in [2.05, 4.69) is 52.0 Å². The molecule has 0 saturated heterocycles. The van der Waals surface area contributed by atoms with Crippen molar-refractivity contribution in [3.63, 3.8) is 0 Å². The van der Waals surface area contributed by atoms with Gasteiger partial charge in [0, 0.05) is 5.56 Å². The second-order valence-electron chi connectivity index (χ2n) is 5.35. The SMILES string of the molecule is CCCCCC[N+](CC)(CC)c1ccccc1C. The fourth-order valence-corrected chi connectivity index (χ4v) is 2.94. The van der Waals surface area contributed by atoms with Crippen molar-refractivity contribution in [1.29, 1.82) is 0 Å². The van der Waals surface area contributed by atoms with E-state index in [1.54, 1.807) is 0 Å². The maximum Gasteiger partial charge on any atom is 0.135 e. The van der Waals surface area contributed by atoms with Gasteiger partial charge < -0.3 is 0 Å². The molecular formula is C17H30N+. The predicted octanol–water partition coefficient (Wildman–Crippen LogP) is 4.92. The molecule has 0 aliphatic rings. The third kappa shape index (κ3) is 3.58. The van der Waals surface area contributed by atoms with E-state index < -0.39 is 0 Å². The van der Waals surface area contributed by atoms with Crippen LogP contribution in [0.25, 0.3) is 0 Å². The second kappa shape index (κ2) is 7.58. The number of benzene rings is 1. The molecule has 0 aliphatic heterocycles. The number of hydrogen-bond acceptors (Lipinski definition) is 0. The quantitative estimate of drug-likeness (QED) is 0.452. The first-order valence-corrected chi connectivity index (χ1v) is 7.62. The standard InChI is InChI=1S/C17H30N/c1-5-8-9-12-15-18(6-2,7-3)17-14-11-10-13-16(17)4/h10-11,13-14H,5-9,12,15H2,1-4H3/q+1. The van der Waals surface area contributed by atoms with Gasteiger partial charge in [-0.2, -0.15) is 0 Å². The molecule has 18 heavy (non-hydrogen) atoms. The Morgan fingerprint density at radius 3 is 2.11 bits per heavy atom. The first-order chi connectivity index (χ1) is 8.70. The lowest BCUT2D eigenvalue weighted by molar-refractivity contribution is 0.291. The van der Waals surface area contributed by atoms with Crippen LogP contribution < -0.4 is 4.48 Å². The Labute approximate surface area is 113 Å². The molecule has 1 nitrogen and oxygen atoms in total. The Morgan fingerprint density at radius 2 is 1.56 bits per heavy atom. The van der Waals surface area contributed by atoms with Gasteiger partial charge in [-0.3, -0.25) is 4.48 Å². The summed E-state index contributed by atoms with van der Waals surface area (Å²) < 4.78 is 1.15. The average molecular weight is 248 g/mol. The van der Waals surface area contributed by atoms with Crippen molar-refractivity contribution in [2.24, 2.45) is 0 Å². The lowest BCUT2D eigenvalue weighted by Gasteiger charge is -2.37. The molecule has 0 amide bonds. The number of quaternary nitrogens is 1. The van der Waals surface area contributed by atoms with Crippen molar-refractivity contribution >= 4 is 5.69 Å². The Balaban J connectivity index is 2.83. The Morgan fingerprint density at radius 1 is 0.889 bits per heavy atom. The lowest BCUT2D eigenvalue weighted by Crippen LogP contribution is -2.50. The minimum Gasteiger partial charge on any atom is -0.291 e. The molecule has 0 atom stereocenters. The zero-order valence-corrected chi connectivity index (χ0v) is 12.7. The zero-order valence-electron chi connectivity index (χ0n) is 12.7. The largest absolute Gasteiger partial charge is 0.291 e. The summed E-state index contributed by atoms with van der Waals surface area (Å²) in [5.41, 5.74) is 2.97. The van der Waals surface area contributed by atoms with Gasteiger partial charge in [0.1, 0.15) is 5.69 Å². The molecule has 0 N–H and O–H groups in total. The van der Waals surface area contributed by atoms with E-state index in [1.165, 1.54) is 56.6 Å². The van der Waals surface area contributed by atoms with Crippen LogP contribution in [0.2, 0.25) is 0 Å². The summed E-state index contributed by atoms with van der Waals surface area (Å²) in [7, 11) is 0. The van der Waals surface area contributed by atoms with Gasteiger partial charge >= 0.3 is 0 Å². The number of rotatable bonds is 8. The van der Waals surface area contributed by atoms with Crippen LogP contribution in [0, 0.1) is 6.92 Å². The topological polar surface area (TPSA) is 0 Å². The van der Waals surface area contributed by atoms with Crippen molar-refractivity contribution in [2.75, 3.05) is 19.6 Å². The maximum absolute atomic E-state index is 2.33. The minimum absolute atomic E-state index is 1.15. The zero-order chi connectivity index (χ0) is 13.4. The van der Waals surface area contributed by atoms with Crippen LogP contribution >= 0.6 is 0 Å². The number of para-hydroxylation sites is 1. The third-order valence-corrected chi connectivity index (χ3v) is 4.28. The molecule has 0 heterocycles. The Hall–Kier alpha value is -0.820. The third-order valence-electron chi connectivity index (χ3n) is 4.28. The van der Waals surface area contributed by atoms with Gasteiger partial charge in [-0.15, -0.1) is 0 Å². The van der Waals surface area contributed by atoms with Gasteiger partial charge in [-0.25, -0.2) is 0 Å². The summed E-state index contributed by atoms with van der Waals surface area (Å²) in [5.74, 6) is 0. The van der Waals surface area contributed by atoms with E-state index in [-0.39, 0.29) is 0 Å². The fourth-order valence-electron chi connectivity index (χ4n) is 2.94. The van der Waals surface area contributed by atoms with Gasteiger partial charge in [0.25, 0.3) is 0 Å². The molecule has 0 unspecified atom stereocenters. The van der Waals surface area contributed by atoms with Gasteiger partial charge in [0.15, 0.2) is 0 Å². The van der Waals surface area contributed by atoms with Crippen molar-refractivity contribution in [3.05, 3.63) is 29.8 Å². The lowest BCUT2D eigenvalue weighted by atomic mass is 10.1. The molecule has 102 valence electrons. The molecule has 0 bridgehead atoms. The highest BCUT2D eigenvalue weighted by molar-refractivity contribution is 5.49. The summed E-state index contributed by atoms with van der Waals surface area (Å²) in [6, 6.07) is 8.91. The van der Waals surface area contributed by atoms with Gasteiger partial charge in [-0.1, -0.05) is 38.0 Å². The molecule has 0 fully saturated rings. The first kappa shape index (κ1) is 15.2. The van der Waals surface area contributed by atoms with E-state index in [9.17, 15) is 0 Å². The number of aryl methyl sites for hydroxylation is 1. The van der Waals surface area contributed by atoms with E-state index in [0.717, 1.165) is 4.48 Å². The van der Waals surface area contributed by atoms with Crippen LogP contribution in [0.15, 0.2) is 24.3 Å². The number of hydrogen-bond donors (Lipinski definition) is 0. The summed E-state index contributed by atoms with van der Waals surface area (Å²) >= 11 is 0. The van der Waals surface area contributed by atoms with E-state index >= 15 is 0 Å². The molecule has 0 aromatic heterocycles. The molecule has 0 spiro atoms. The highest BCUT2D eigenvalue weighted by atomic mass is 15.3. The van der Waals surface area contributed by atoms with Crippen LogP contribution in [0.4, 0.5) is 5.69 Å². The fraction of sp³-hybridized carbons (Fsp3) is 0.647. The molecule has 1 heteroatoms. The molecule has 1 aromatic carbocycles. The molecular weight excluding hydrogens is 218 g/mol. The highest BCUT2D eigenvalue weighted by Gasteiger charge is 2.27. The van der Waals surface area contributed by atoms with E-state index in [0.29, 0.717) is 0 Å². The number of nitrogens with zero attached hydrogens (tertiary/aromatic N) is 1. The average Bonchev–Trinajstić information content (AvgIpc) is 2.41. The van der Waals surface area contributed by atoms with Gasteiger partial charge in [0.2, 0.25) is 0 Å². The predicted molar refractivity (Wildman–Crippen MR) is 83.1 cm³/mol. The van der Waals surface area contributed by atoms with Crippen LogP contribution in [-0.2, 0) is 0 Å². The van der Waals surface area contributed by atoms with Crippen molar-refractivity contribution in [1.82, 2.24) is 4.48 Å². The van der Waals surface area contributed by atoms with Crippen LogP contribution in [0.5, 0.6) is 0 Å². The first-order valence-electron chi connectivity index (χ1n) is 7.62. The van der Waals surface area contributed by atoms with Gasteiger partial charge in [-0.05, 0) is 39.7 Å². The Kier molecular flexibility index (Phi) is 6.42. The molecule has 0 saturated carbocycles. The van der Waals surface area contributed by atoms with Crippen molar-refractivity contribution < 1.29 is 0 Å².